The van der Waals surface area contributed by atoms with E-state index < -0.39 is 28.5 Å². The van der Waals surface area contributed by atoms with Gasteiger partial charge in [0.1, 0.15) is 18.3 Å². The molecule has 0 heterocycles. The smallest absolute Gasteiger partial charge is 0.244 e. The first-order chi connectivity index (χ1) is 15.6. The summed E-state index contributed by atoms with van der Waals surface area (Å²) in [5.41, 5.74) is 1.17. The van der Waals surface area contributed by atoms with E-state index in [4.69, 9.17) is 4.74 Å². The number of rotatable bonds is 11. The molecule has 0 aromatic heterocycles. The zero-order valence-electron chi connectivity index (χ0n) is 19.8. The number of sulfonamides is 1. The van der Waals surface area contributed by atoms with Crippen molar-refractivity contribution in [3.8, 4) is 5.75 Å². The Morgan fingerprint density at radius 2 is 1.64 bits per heavy atom. The van der Waals surface area contributed by atoms with E-state index in [1.807, 2.05) is 26.0 Å². The van der Waals surface area contributed by atoms with E-state index in [1.165, 1.54) is 4.90 Å². The Hall–Kier alpha value is -3.07. The van der Waals surface area contributed by atoms with Crippen molar-refractivity contribution in [1.29, 1.82) is 0 Å². The number of para-hydroxylation sites is 1. The predicted octanol–water partition coefficient (Wildman–Crippen LogP) is 2.79. The summed E-state index contributed by atoms with van der Waals surface area (Å²) < 4.78 is 31.2. The number of amides is 2. The molecule has 2 aromatic carbocycles. The molecule has 0 aliphatic heterocycles. The molecule has 1 N–H and O–H groups in total. The molecule has 9 heteroatoms. The highest BCUT2D eigenvalue weighted by Gasteiger charge is 2.30. The normalized spacial score (nSPS) is 13.0. The van der Waals surface area contributed by atoms with Crippen LogP contribution in [-0.4, -0.2) is 57.1 Å². The quantitative estimate of drug-likeness (QED) is 0.539. The van der Waals surface area contributed by atoms with E-state index in [1.54, 1.807) is 56.5 Å². The first-order valence-electron chi connectivity index (χ1n) is 10.8. The maximum atomic E-state index is 13.4. The highest BCUT2D eigenvalue weighted by atomic mass is 32.2. The third kappa shape index (κ3) is 7.49. The van der Waals surface area contributed by atoms with Crippen LogP contribution in [0.1, 0.15) is 32.8 Å². The van der Waals surface area contributed by atoms with Gasteiger partial charge in [0.2, 0.25) is 21.8 Å². The van der Waals surface area contributed by atoms with Crippen LogP contribution < -0.4 is 14.4 Å². The second kappa shape index (κ2) is 11.7. The number of nitrogens with zero attached hydrogens (tertiary/aromatic N) is 2. The largest absolute Gasteiger partial charge is 0.497 e. The van der Waals surface area contributed by atoms with E-state index in [-0.39, 0.29) is 18.5 Å². The number of ether oxygens (including phenoxy) is 1. The summed E-state index contributed by atoms with van der Waals surface area (Å²) in [5, 5.41) is 2.90. The number of methoxy groups -OCH3 is 1. The van der Waals surface area contributed by atoms with Gasteiger partial charge in [0.25, 0.3) is 0 Å². The van der Waals surface area contributed by atoms with Gasteiger partial charge in [-0.2, -0.15) is 0 Å². The van der Waals surface area contributed by atoms with E-state index in [2.05, 4.69) is 5.32 Å². The minimum Gasteiger partial charge on any atom is -0.497 e. The van der Waals surface area contributed by atoms with E-state index in [9.17, 15) is 18.0 Å². The lowest BCUT2D eigenvalue weighted by Gasteiger charge is -2.32. The van der Waals surface area contributed by atoms with Crippen molar-refractivity contribution in [2.24, 2.45) is 0 Å². The Kier molecular flexibility index (Phi) is 9.28. The molecule has 8 nitrogen and oxygen atoms in total. The molecule has 33 heavy (non-hydrogen) atoms. The van der Waals surface area contributed by atoms with Crippen LogP contribution in [0.2, 0.25) is 0 Å². The molecule has 0 radical (unpaired) electrons. The highest BCUT2D eigenvalue weighted by molar-refractivity contribution is 7.92. The first-order valence-corrected chi connectivity index (χ1v) is 12.7. The molecule has 0 spiro atoms. The summed E-state index contributed by atoms with van der Waals surface area (Å²) in [6.07, 6.45) is 1.81. The second-order valence-electron chi connectivity index (χ2n) is 7.97. The van der Waals surface area contributed by atoms with Crippen molar-refractivity contribution in [3.05, 3.63) is 60.2 Å². The number of carbonyl (C=O) groups is 2. The molecule has 2 atom stereocenters. The average molecular weight is 476 g/mol. The van der Waals surface area contributed by atoms with Gasteiger partial charge >= 0.3 is 0 Å². The van der Waals surface area contributed by atoms with Crippen molar-refractivity contribution in [1.82, 2.24) is 10.2 Å². The Morgan fingerprint density at radius 1 is 1.03 bits per heavy atom. The standard InChI is InChI=1S/C24H33N3O5S/c1-6-18(2)25-24(29)19(3)26(16-20-12-14-22(32-4)15-13-20)23(28)17-27(33(5,30)31)21-10-8-7-9-11-21/h7-15,18-19H,6,16-17H2,1-5H3,(H,25,29)/t18-,19-/m1/s1. The van der Waals surface area contributed by atoms with E-state index in [0.29, 0.717) is 11.4 Å². The Labute approximate surface area is 196 Å². The van der Waals surface area contributed by atoms with Crippen molar-refractivity contribution < 1.29 is 22.7 Å². The lowest BCUT2D eigenvalue weighted by molar-refractivity contribution is -0.139. The summed E-state index contributed by atoms with van der Waals surface area (Å²) in [6, 6.07) is 14.7. The maximum Gasteiger partial charge on any atom is 0.244 e. The van der Waals surface area contributed by atoms with Gasteiger partial charge in [0.05, 0.1) is 19.1 Å². The van der Waals surface area contributed by atoms with Gasteiger partial charge in [0, 0.05) is 12.6 Å². The molecule has 2 amide bonds. The van der Waals surface area contributed by atoms with Crippen LogP contribution in [0.3, 0.4) is 0 Å². The fourth-order valence-electron chi connectivity index (χ4n) is 3.18. The van der Waals surface area contributed by atoms with Crippen molar-refractivity contribution in [3.63, 3.8) is 0 Å². The molecular weight excluding hydrogens is 442 g/mol. The van der Waals surface area contributed by atoms with Gasteiger partial charge < -0.3 is 15.0 Å². The van der Waals surface area contributed by atoms with E-state index in [0.717, 1.165) is 22.5 Å². The van der Waals surface area contributed by atoms with Crippen molar-refractivity contribution in [2.45, 2.75) is 45.8 Å². The molecule has 0 aliphatic rings. The van der Waals surface area contributed by atoms with Crippen LogP contribution in [0, 0.1) is 0 Å². The number of nitrogens with one attached hydrogen (secondary N) is 1. The number of anilines is 1. The van der Waals surface area contributed by atoms with Crippen LogP contribution in [0.15, 0.2) is 54.6 Å². The summed E-state index contributed by atoms with van der Waals surface area (Å²) in [5.74, 6) is -0.102. The zero-order chi connectivity index (χ0) is 24.6. The Balaban J connectivity index is 2.35. The molecule has 180 valence electrons. The number of carbonyl (C=O) groups excluding carboxylic acids is 2. The van der Waals surface area contributed by atoms with Crippen LogP contribution in [-0.2, 0) is 26.2 Å². The van der Waals surface area contributed by atoms with E-state index >= 15 is 0 Å². The minimum absolute atomic E-state index is 0.0466. The number of hydrogen-bond donors (Lipinski definition) is 1. The molecule has 0 aliphatic carbocycles. The predicted molar refractivity (Wildman–Crippen MR) is 130 cm³/mol. The third-order valence-electron chi connectivity index (χ3n) is 5.40. The minimum atomic E-state index is -3.73. The summed E-state index contributed by atoms with van der Waals surface area (Å²) in [6.45, 7) is 5.22. The Morgan fingerprint density at radius 3 is 2.15 bits per heavy atom. The van der Waals surface area contributed by atoms with Gasteiger partial charge in [-0.1, -0.05) is 37.3 Å². The molecule has 0 unspecified atom stereocenters. The first kappa shape index (κ1) is 26.2. The summed E-state index contributed by atoms with van der Waals surface area (Å²) >= 11 is 0. The molecule has 0 saturated heterocycles. The van der Waals surface area contributed by atoms with Crippen LogP contribution in [0.5, 0.6) is 5.75 Å². The number of hydrogen-bond acceptors (Lipinski definition) is 5. The molecule has 0 fully saturated rings. The Bertz CT molecular complexity index is 1030. The lowest BCUT2D eigenvalue weighted by atomic mass is 10.1. The van der Waals surface area contributed by atoms with Crippen molar-refractivity contribution in [2.75, 3.05) is 24.2 Å². The van der Waals surface area contributed by atoms with Crippen LogP contribution in [0.4, 0.5) is 5.69 Å². The average Bonchev–Trinajstić information content (AvgIpc) is 2.80. The van der Waals surface area contributed by atoms with Crippen LogP contribution in [0.25, 0.3) is 0 Å². The SMILES string of the molecule is CC[C@@H](C)NC(=O)[C@@H](C)N(Cc1ccc(OC)cc1)C(=O)CN(c1ccccc1)S(C)(=O)=O. The van der Waals surface area contributed by atoms with Gasteiger partial charge in [-0.25, -0.2) is 8.42 Å². The molecular formula is C24H33N3O5S. The van der Waals surface area contributed by atoms with Gasteiger partial charge in [-0.05, 0) is 50.1 Å². The molecule has 2 aromatic rings. The van der Waals surface area contributed by atoms with Gasteiger partial charge in [-0.15, -0.1) is 0 Å². The van der Waals surface area contributed by atoms with Gasteiger partial charge in [-0.3, -0.25) is 13.9 Å². The zero-order valence-corrected chi connectivity index (χ0v) is 20.6. The summed E-state index contributed by atoms with van der Waals surface area (Å²) in [4.78, 5) is 27.7. The highest BCUT2D eigenvalue weighted by Crippen LogP contribution is 2.19. The molecule has 0 bridgehead atoms. The van der Waals surface area contributed by atoms with Crippen molar-refractivity contribution >= 4 is 27.5 Å². The second-order valence-corrected chi connectivity index (χ2v) is 9.88. The third-order valence-corrected chi connectivity index (χ3v) is 6.54. The topological polar surface area (TPSA) is 96.0 Å². The number of benzene rings is 2. The fraction of sp³-hybridized carbons (Fsp3) is 0.417. The maximum absolute atomic E-state index is 13.4. The molecule has 0 saturated carbocycles. The summed E-state index contributed by atoms with van der Waals surface area (Å²) in [7, 11) is -2.16. The lowest BCUT2D eigenvalue weighted by Crippen LogP contribution is -2.52. The molecule has 2 rings (SSSR count). The monoisotopic (exact) mass is 475 g/mol. The van der Waals surface area contributed by atoms with Crippen LogP contribution >= 0.6 is 0 Å². The fourth-order valence-corrected chi connectivity index (χ4v) is 4.03. The van der Waals surface area contributed by atoms with Gasteiger partial charge in [0.15, 0.2) is 0 Å².